The molecule has 3 rings (SSSR count). The fraction of sp³-hybridized carbons (Fsp3) is 0.571. The van der Waals surface area contributed by atoms with Gasteiger partial charge < -0.3 is 19.6 Å². The van der Waals surface area contributed by atoms with E-state index in [4.69, 9.17) is 4.74 Å². The molecular formula is C21H31N3O2. The summed E-state index contributed by atoms with van der Waals surface area (Å²) in [5, 5.41) is 10.7. The second-order valence-electron chi connectivity index (χ2n) is 7.62. The van der Waals surface area contributed by atoms with Gasteiger partial charge in [0.1, 0.15) is 11.3 Å². The maximum atomic E-state index is 9.57. The highest BCUT2D eigenvalue weighted by Gasteiger charge is 2.22. The van der Waals surface area contributed by atoms with Gasteiger partial charge in [0, 0.05) is 31.7 Å². The molecule has 0 spiro atoms. The summed E-state index contributed by atoms with van der Waals surface area (Å²) in [4.78, 5) is 9.35. The zero-order valence-corrected chi connectivity index (χ0v) is 16.4. The number of nitrogens with zero attached hydrogens (tertiary/aromatic N) is 3. The number of likely N-dealkylation sites (tertiary alicyclic amines) is 1. The fourth-order valence-electron chi connectivity index (χ4n) is 4.16. The first kappa shape index (κ1) is 18.9. The van der Waals surface area contributed by atoms with Crippen LogP contribution in [0.15, 0.2) is 24.4 Å². The first-order chi connectivity index (χ1) is 12.5. The normalized spacial score (nSPS) is 17.4. The molecule has 1 aromatic heterocycles. The number of hydrogen-bond acceptors (Lipinski definition) is 5. The van der Waals surface area contributed by atoms with Crippen molar-refractivity contribution >= 4 is 16.6 Å². The lowest BCUT2D eigenvalue weighted by Gasteiger charge is -2.35. The third-order valence-corrected chi connectivity index (χ3v) is 5.38. The van der Waals surface area contributed by atoms with E-state index in [1.165, 1.54) is 24.1 Å². The number of benzene rings is 1. The fourth-order valence-corrected chi connectivity index (χ4v) is 4.16. The van der Waals surface area contributed by atoms with Gasteiger partial charge in [0.15, 0.2) is 0 Å². The summed E-state index contributed by atoms with van der Waals surface area (Å²) in [6.45, 7) is 7.98. The van der Waals surface area contributed by atoms with Crippen LogP contribution < -0.4 is 9.64 Å². The topological polar surface area (TPSA) is 48.8 Å². The summed E-state index contributed by atoms with van der Waals surface area (Å²) >= 11 is 0. The summed E-state index contributed by atoms with van der Waals surface area (Å²) in [7, 11) is 3.88. The maximum Gasteiger partial charge on any atom is 0.145 e. The Morgan fingerprint density at radius 2 is 2.08 bits per heavy atom. The molecule has 0 bridgehead atoms. The molecular weight excluding hydrogens is 326 g/mol. The standard InChI is InChI=1S/C21H31N3O2/c1-15-12-22-20-18(6-5-7-19(20)26-4)21(15)23(3)14-17-8-10-24(11-9-17)13-16(2)25/h5-7,12,16-17,25H,8-11,13-14H2,1-4H3. The molecule has 5 heteroatoms. The summed E-state index contributed by atoms with van der Waals surface area (Å²) in [6.07, 6.45) is 4.07. The van der Waals surface area contributed by atoms with Crippen LogP contribution in [0.5, 0.6) is 5.75 Å². The van der Waals surface area contributed by atoms with E-state index >= 15 is 0 Å². The van der Waals surface area contributed by atoms with Crippen molar-refractivity contribution in [2.75, 3.05) is 45.2 Å². The molecule has 2 heterocycles. The van der Waals surface area contributed by atoms with Crippen molar-refractivity contribution in [2.24, 2.45) is 5.92 Å². The number of rotatable bonds is 6. The predicted molar refractivity (Wildman–Crippen MR) is 107 cm³/mol. The van der Waals surface area contributed by atoms with Crippen molar-refractivity contribution in [3.63, 3.8) is 0 Å². The molecule has 0 aliphatic carbocycles. The molecule has 1 unspecified atom stereocenters. The molecule has 1 aliphatic heterocycles. The van der Waals surface area contributed by atoms with Gasteiger partial charge in [-0.05, 0) is 57.3 Å². The summed E-state index contributed by atoms with van der Waals surface area (Å²) in [5.74, 6) is 1.50. The van der Waals surface area contributed by atoms with Gasteiger partial charge in [0.25, 0.3) is 0 Å². The van der Waals surface area contributed by atoms with Crippen LogP contribution in [0.3, 0.4) is 0 Å². The average molecular weight is 357 g/mol. The molecule has 0 saturated carbocycles. The van der Waals surface area contributed by atoms with Gasteiger partial charge >= 0.3 is 0 Å². The predicted octanol–water partition coefficient (Wildman–Crippen LogP) is 3.08. The highest BCUT2D eigenvalue weighted by molar-refractivity contribution is 5.96. The Hall–Kier alpha value is -1.85. The Balaban J connectivity index is 1.74. The first-order valence-electron chi connectivity index (χ1n) is 9.53. The van der Waals surface area contributed by atoms with Gasteiger partial charge in [0.2, 0.25) is 0 Å². The number of piperidine rings is 1. The maximum absolute atomic E-state index is 9.57. The van der Waals surface area contributed by atoms with Crippen molar-refractivity contribution in [3.8, 4) is 5.75 Å². The minimum Gasteiger partial charge on any atom is -0.494 e. The quantitative estimate of drug-likeness (QED) is 0.861. The minimum absolute atomic E-state index is 0.241. The lowest BCUT2D eigenvalue weighted by molar-refractivity contribution is 0.101. The highest BCUT2D eigenvalue weighted by Crippen LogP contribution is 2.34. The number of aliphatic hydroxyl groups excluding tert-OH is 1. The van der Waals surface area contributed by atoms with Crippen LogP contribution in [-0.4, -0.2) is 61.4 Å². The minimum atomic E-state index is -0.241. The van der Waals surface area contributed by atoms with E-state index in [-0.39, 0.29) is 6.10 Å². The van der Waals surface area contributed by atoms with Crippen LogP contribution in [0, 0.1) is 12.8 Å². The van der Waals surface area contributed by atoms with E-state index in [1.807, 2.05) is 25.3 Å². The number of pyridine rings is 1. The van der Waals surface area contributed by atoms with Gasteiger partial charge in [-0.15, -0.1) is 0 Å². The van der Waals surface area contributed by atoms with Crippen molar-refractivity contribution in [2.45, 2.75) is 32.8 Å². The molecule has 5 nitrogen and oxygen atoms in total. The number of methoxy groups -OCH3 is 1. The molecule has 1 aromatic carbocycles. The summed E-state index contributed by atoms with van der Waals surface area (Å²) < 4.78 is 5.49. The molecule has 1 aliphatic rings. The molecule has 0 amide bonds. The molecule has 26 heavy (non-hydrogen) atoms. The Morgan fingerprint density at radius 1 is 1.35 bits per heavy atom. The number of aliphatic hydroxyl groups is 1. The van der Waals surface area contributed by atoms with Crippen molar-refractivity contribution in [1.82, 2.24) is 9.88 Å². The number of β-amino-alcohol motifs (C(OH)–C–C–N with tert-alkyl or cyclic N) is 1. The van der Waals surface area contributed by atoms with Crippen LogP contribution in [0.4, 0.5) is 5.69 Å². The van der Waals surface area contributed by atoms with Gasteiger partial charge in [0.05, 0.1) is 18.9 Å². The first-order valence-corrected chi connectivity index (χ1v) is 9.53. The van der Waals surface area contributed by atoms with Gasteiger partial charge in [-0.25, -0.2) is 0 Å². The Bertz CT molecular complexity index is 739. The number of aromatic nitrogens is 1. The van der Waals surface area contributed by atoms with Crippen LogP contribution >= 0.6 is 0 Å². The monoisotopic (exact) mass is 357 g/mol. The zero-order chi connectivity index (χ0) is 18.7. The number of ether oxygens (including phenoxy) is 1. The summed E-state index contributed by atoms with van der Waals surface area (Å²) in [6, 6.07) is 6.13. The van der Waals surface area contributed by atoms with Crippen molar-refractivity contribution < 1.29 is 9.84 Å². The summed E-state index contributed by atoms with van der Waals surface area (Å²) in [5.41, 5.74) is 3.37. The van der Waals surface area contributed by atoms with E-state index < -0.39 is 0 Å². The van der Waals surface area contributed by atoms with E-state index in [0.717, 1.165) is 42.8 Å². The van der Waals surface area contributed by atoms with Crippen LogP contribution in [0.2, 0.25) is 0 Å². The van der Waals surface area contributed by atoms with Crippen molar-refractivity contribution in [3.05, 3.63) is 30.0 Å². The number of aryl methyl sites for hydroxylation is 1. The second-order valence-corrected chi connectivity index (χ2v) is 7.62. The molecule has 1 N–H and O–H groups in total. The molecule has 2 aromatic rings. The lowest BCUT2D eigenvalue weighted by Crippen LogP contribution is -2.40. The van der Waals surface area contributed by atoms with Gasteiger partial charge in [-0.1, -0.05) is 12.1 Å². The number of anilines is 1. The molecule has 0 radical (unpaired) electrons. The second kappa shape index (κ2) is 8.23. The van der Waals surface area contributed by atoms with Crippen LogP contribution in [-0.2, 0) is 0 Å². The van der Waals surface area contributed by atoms with Gasteiger partial charge in [-0.3, -0.25) is 4.98 Å². The van der Waals surface area contributed by atoms with E-state index in [0.29, 0.717) is 5.92 Å². The van der Waals surface area contributed by atoms with E-state index in [2.05, 4.69) is 34.8 Å². The Morgan fingerprint density at radius 3 is 2.73 bits per heavy atom. The molecule has 1 fully saturated rings. The molecule has 142 valence electrons. The average Bonchev–Trinajstić information content (AvgIpc) is 2.62. The van der Waals surface area contributed by atoms with Crippen LogP contribution in [0.25, 0.3) is 10.9 Å². The smallest absolute Gasteiger partial charge is 0.145 e. The lowest BCUT2D eigenvalue weighted by atomic mass is 9.95. The van der Waals surface area contributed by atoms with Gasteiger partial charge in [-0.2, -0.15) is 0 Å². The zero-order valence-electron chi connectivity index (χ0n) is 16.4. The molecule has 1 saturated heterocycles. The number of hydrogen-bond donors (Lipinski definition) is 1. The Kier molecular flexibility index (Phi) is 5.99. The number of para-hydroxylation sites is 1. The van der Waals surface area contributed by atoms with Crippen LogP contribution in [0.1, 0.15) is 25.3 Å². The third-order valence-electron chi connectivity index (χ3n) is 5.38. The highest BCUT2D eigenvalue weighted by atomic mass is 16.5. The SMILES string of the molecule is COc1cccc2c(N(C)CC3CCN(CC(C)O)CC3)c(C)cnc12. The van der Waals surface area contributed by atoms with E-state index in [1.54, 1.807) is 7.11 Å². The number of fused-ring (bicyclic) bond motifs is 1. The van der Waals surface area contributed by atoms with E-state index in [9.17, 15) is 5.11 Å². The van der Waals surface area contributed by atoms with Crippen molar-refractivity contribution in [1.29, 1.82) is 0 Å². The third kappa shape index (κ3) is 4.10. The Labute approximate surface area is 156 Å². The molecule has 1 atom stereocenters. The largest absolute Gasteiger partial charge is 0.494 e.